The van der Waals surface area contributed by atoms with Crippen LogP contribution in [0.25, 0.3) is 0 Å². The Balaban J connectivity index is 2.01. The van der Waals surface area contributed by atoms with Gasteiger partial charge in [-0.3, -0.25) is 0 Å². The van der Waals surface area contributed by atoms with Crippen molar-refractivity contribution in [2.45, 2.75) is 52.4 Å². The van der Waals surface area contributed by atoms with Gasteiger partial charge in [0.15, 0.2) is 0 Å². The molecule has 0 bridgehead atoms. The summed E-state index contributed by atoms with van der Waals surface area (Å²) in [6, 6.07) is 0. The minimum absolute atomic E-state index is 1.01. The molecule has 0 nitrogen and oxygen atoms in total. The number of hydrogen-bond acceptors (Lipinski definition) is 0. The second-order valence-electron chi connectivity index (χ2n) is 5.26. The number of fused-ring (bicyclic) bond motifs is 1. The van der Waals surface area contributed by atoms with E-state index in [1.54, 1.807) is 12.8 Å². The highest BCUT2D eigenvalue weighted by molar-refractivity contribution is 4.85. The molecule has 0 unspecified atom stereocenters. The summed E-state index contributed by atoms with van der Waals surface area (Å²) >= 11 is 0. The lowest BCUT2D eigenvalue weighted by molar-refractivity contribution is 0.0827. The van der Waals surface area contributed by atoms with Crippen molar-refractivity contribution < 1.29 is 0 Å². The molecule has 2 fully saturated rings. The van der Waals surface area contributed by atoms with Gasteiger partial charge < -0.3 is 0 Å². The van der Waals surface area contributed by atoms with Crippen LogP contribution in [-0.2, 0) is 0 Å². The first kappa shape index (κ1) is 8.59. The summed E-state index contributed by atoms with van der Waals surface area (Å²) in [4.78, 5) is 0. The molecule has 2 aliphatic rings. The smallest absolute Gasteiger partial charge is 0.0360 e. The SMILES string of the molecule is C[C@@H]1C[C@@H]2CCCC[C@@H]2[C@H](C)C1. The number of hydrogen-bond donors (Lipinski definition) is 0. The summed E-state index contributed by atoms with van der Waals surface area (Å²) in [6.07, 6.45) is 9.15. The largest absolute Gasteiger partial charge is 0.0625 e. The average molecular weight is 166 g/mol. The van der Waals surface area contributed by atoms with Crippen LogP contribution in [0.4, 0.5) is 0 Å². The van der Waals surface area contributed by atoms with Crippen molar-refractivity contribution in [3.8, 4) is 0 Å². The first-order valence-electron chi connectivity index (χ1n) is 5.77. The first-order valence-corrected chi connectivity index (χ1v) is 5.77. The van der Waals surface area contributed by atoms with E-state index in [2.05, 4.69) is 13.8 Å². The van der Waals surface area contributed by atoms with E-state index in [0.29, 0.717) is 0 Å². The van der Waals surface area contributed by atoms with Gasteiger partial charge in [-0.2, -0.15) is 0 Å². The van der Waals surface area contributed by atoms with Gasteiger partial charge in [-0.1, -0.05) is 33.1 Å². The van der Waals surface area contributed by atoms with Crippen molar-refractivity contribution in [1.82, 2.24) is 0 Å². The molecule has 0 radical (unpaired) electrons. The Kier molecular flexibility index (Phi) is 2.43. The Bertz CT molecular complexity index is 150. The Labute approximate surface area is 76.7 Å². The molecule has 70 valence electrons. The molecule has 0 spiro atoms. The highest BCUT2D eigenvalue weighted by Crippen LogP contribution is 2.45. The molecule has 0 heterocycles. The fraction of sp³-hybridized carbons (Fsp3) is 1.00. The first-order chi connectivity index (χ1) is 5.77. The van der Waals surface area contributed by atoms with Crippen molar-refractivity contribution >= 4 is 0 Å². The minimum atomic E-state index is 1.01. The summed E-state index contributed by atoms with van der Waals surface area (Å²) in [5, 5.41) is 0. The lowest BCUT2D eigenvalue weighted by atomic mass is 9.63. The second kappa shape index (κ2) is 3.40. The van der Waals surface area contributed by atoms with Crippen LogP contribution in [0.2, 0.25) is 0 Å². The van der Waals surface area contributed by atoms with E-state index in [0.717, 1.165) is 23.7 Å². The van der Waals surface area contributed by atoms with Crippen molar-refractivity contribution in [1.29, 1.82) is 0 Å². The summed E-state index contributed by atoms with van der Waals surface area (Å²) in [5.41, 5.74) is 0. The Hall–Kier alpha value is 0. The van der Waals surface area contributed by atoms with Gasteiger partial charge in [0, 0.05) is 0 Å². The zero-order valence-electron chi connectivity index (χ0n) is 8.55. The molecule has 0 amide bonds. The summed E-state index contributed by atoms with van der Waals surface area (Å²) in [7, 11) is 0. The predicted molar refractivity (Wildman–Crippen MR) is 53.0 cm³/mol. The molecule has 12 heavy (non-hydrogen) atoms. The molecule has 2 aliphatic carbocycles. The van der Waals surface area contributed by atoms with E-state index in [4.69, 9.17) is 0 Å². The van der Waals surface area contributed by atoms with Gasteiger partial charge in [-0.25, -0.2) is 0 Å². The molecule has 4 atom stereocenters. The van der Waals surface area contributed by atoms with E-state index >= 15 is 0 Å². The monoisotopic (exact) mass is 166 g/mol. The van der Waals surface area contributed by atoms with Crippen LogP contribution in [0.5, 0.6) is 0 Å². The van der Waals surface area contributed by atoms with Crippen LogP contribution in [0.15, 0.2) is 0 Å². The third-order valence-corrected chi connectivity index (χ3v) is 4.18. The zero-order valence-corrected chi connectivity index (χ0v) is 8.55. The Morgan fingerprint density at radius 2 is 1.67 bits per heavy atom. The zero-order chi connectivity index (χ0) is 8.55. The maximum absolute atomic E-state index is 2.48. The highest BCUT2D eigenvalue weighted by Gasteiger charge is 2.34. The van der Waals surface area contributed by atoms with Crippen LogP contribution in [0.3, 0.4) is 0 Å². The van der Waals surface area contributed by atoms with Crippen LogP contribution >= 0.6 is 0 Å². The fourth-order valence-electron chi connectivity index (χ4n) is 3.70. The predicted octanol–water partition coefficient (Wildman–Crippen LogP) is 3.86. The van der Waals surface area contributed by atoms with E-state index in [-0.39, 0.29) is 0 Å². The Morgan fingerprint density at radius 1 is 0.917 bits per heavy atom. The molecule has 0 aromatic heterocycles. The quantitative estimate of drug-likeness (QED) is 0.512. The lowest BCUT2D eigenvalue weighted by Gasteiger charge is -2.42. The topological polar surface area (TPSA) is 0 Å². The van der Waals surface area contributed by atoms with Gasteiger partial charge in [-0.05, 0) is 42.9 Å². The maximum Gasteiger partial charge on any atom is -0.0360 e. The third kappa shape index (κ3) is 1.53. The average Bonchev–Trinajstić information content (AvgIpc) is 2.04. The molecule has 2 saturated carbocycles. The van der Waals surface area contributed by atoms with Gasteiger partial charge in [0.2, 0.25) is 0 Å². The third-order valence-electron chi connectivity index (χ3n) is 4.18. The summed E-state index contributed by atoms with van der Waals surface area (Å²) < 4.78 is 0. The molecule has 0 aromatic rings. The number of rotatable bonds is 0. The van der Waals surface area contributed by atoms with Crippen molar-refractivity contribution in [2.24, 2.45) is 23.7 Å². The van der Waals surface area contributed by atoms with Gasteiger partial charge in [0.05, 0.1) is 0 Å². The molecular weight excluding hydrogens is 144 g/mol. The normalized spacial score (nSPS) is 48.5. The van der Waals surface area contributed by atoms with Crippen LogP contribution in [0.1, 0.15) is 52.4 Å². The van der Waals surface area contributed by atoms with Gasteiger partial charge in [-0.15, -0.1) is 0 Å². The highest BCUT2D eigenvalue weighted by atomic mass is 14.4. The van der Waals surface area contributed by atoms with E-state index in [1.165, 1.54) is 25.7 Å². The van der Waals surface area contributed by atoms with Crippen LogP contribution < -0.4 is 0 Å². The van der Waals surface area contributed by atoms with Crippen molar-refractivity contribution in [3.63, 3.8) is 0 Å². The van der Waals surface area contributed by atoms with Crippen molar-refractivity contribution in [3.05, 3.63) is 0 Å². The van der Waals surface area contributed by atoms with E-state index in [1.807, 2.05) is 0 Å². The second-order valence-corrected chi connectivity index (χ2v) is 5.26. The fourth-order valence-corrected chi connectivity index (χ4v) is 3.70. The maximum atomic E-state index is 2.48. The standard InChI is InChI=1S/C12H22/c1-9-7-10(2)12-6-4-3-5-11(12)8-9/h9-12H,3-8H2,1-2H3/t9-,10+,11-,12+/m0/s1. The summed E-state index contributed by atoms with van der Waals surface area (Å²) in [6.45, 7) is 4.93. The van der Waals surface area contributed by atoms with Crippen molar-refractivity contribution in [2.75, 3.05) is 0 Å². The summed E-state index contributed by atoms with van der Waals surface area (Å²) in [5.74, 6) is 4.26. The molecule has 0 aromatic carbocycles. The molecule has 0 heteroatoms. The Morgan fingerprint density at radius 3 is 2.50 bits per heavy atom. The van der Waals surface area contributed by atoms with Gasteiger partial charge >= 0.3 is 0 Å². The molecule has 0 N–H and O–H groups in total. The minimum Gasteiger partial charge on any atom is -0.0625 e. The lowest BCUT2D eigenvalue weighted by Crippen LogP contribution is -2.32. The van der Waals surface area contributed by atoms with Gasteiger partial charge in [0.25, 0.3) is 0 Å². The molecule has 2 rings (SSSR count). The van der Waals surface area contributed by atoms with E-state index < -0.39 is 0 Å². The molecule has 0 aliphatic heterocycles. The van der Waals surface area contributed by atoms with E-state index in [9.17, 15) is 0 Å². The van der Waals surface area contributed by atoms with Crippen LogP contribution in [0, 0.1) is 23.7 Å². The van der Waals surface area contributed by atoms with Gasteiger partial charge in [0.1, 0.15) is 0 Å². The molecule has 0 saturated heterocycles. The van der Waals surface area contributed by atoms with Crippen LogP contribution in [-0.4, -0.2) is 0 Å². The molecular formula is C12H22.